The lowest BCUT2D eigenvalue weighted by atomic mass is 10.2. The van der Waals surface area contributed by atoms with Crippen molar-refractivity contribution in [2.45, 2.75) is 51.3 Å². The lowest BCUT2D eigenvalue weighted by Crippen LogP contribution is -2.28. The van der Waals surface area contributed by atoms with Crippen molar-refractivity contribution in [2.24, 2.45) is 0 Å². The second-order valence-electron chi connectivity index (χ2n) is 5.87. The van der Waals surface area contributed by atoms with Crippen LogP contribution in [0.4, 0.5) is 5.82 Å². The van der Waals surface area contributed by atoms with Crippen LogP contribution in [-0.2, 0) is 0 Å². The van der Waals surface area contributed by atoms with E-state index in [2.05, 4.69) is 15.2 Å². The van der Waals surface area contributed by atoms with Gasteiger partial charge in [0.1, 0.15) is 0 Å². The number of rotatable bonds is 5. The molecule has 4 nitrogen and oxygen atoms in total. The molecule has 0 spiro atoms. The molecule has 19 heavy (non-hydrogen) atoms. The fourth-order valence-electron chi connectivity index (χ4n) is 2.72. The van der Waals surface area contributed by atoms with E-state index < -0.39 is 0 Å². The second kappa shape index (κ2) is 5.37. The highest BCUT2D eigenvalue weighted by Crippen LogP contribution is 2.31. The number of hydrogen-bond donors (Lipinski definition) is 1. The summed E-state index contributed by atoms with van der Waals surface area (Å²) in [6, 6.07) is 5.28. The van der Waals surface area contributed by atoms with Crippen molar-refractivity contribution < 1.29 is 4.74 Å². The van der Waals surface area contributed by atoms with E-state index in [9.17, 15) is 0 Å². The van der Waals surface area contributed by atoms with Gasteiger partial charge in [0.15, 0.2) is 11.6 Å². The summed E-state index contributed by atoms with van der Waals surface area (Å²) in [5.74, 6) is 1.75. The number of nitrogens with zero attached hydrogens (tertiary/aromatic N) is 2. The SMILES string of the molecule is CC(C)Oc1cccnc1NC1CCN(C2CC2)C1. The summed E-state index contributed by atoms with van der Waals surface area (Å²) in [6.45, 7) is 6.44. The number of pyridine rings is 1. The Balaban J connectivity index is 1.62. The quantitative estimate of drug-likeness (QED) is 0.883. The van der Waals surface area contributed by atoms with Gasteiger partial charge in [0, 0.05) is 31.4 Å². The largest absolute Gasteiger partial charge is 0.487 e. The van der Waals surface area contributed by atoms with E-state index in [0.29, 0.717) is 6.04 Å². The monoisotopic (exact) mass is 261 g/mol. The molecule has 2 fully saturated rings. The Hall–Kier alpha value is -1.29. The highest BCUT2D eigenvalue weighted by atomic mass is 16.5. The Bertz CT molecular complexity index is 431. The summed E-state index contributed by atoms with van der Waals surface area (Å²) in [5.41, 5.74) is 0. The van der Waals surface area contributed by atoms with E-state index in [-0.39, 0.29) is 6.10 Å². The first kappa shape index (κ1) is 12.7. The van der Waals surface area contributed by atoms with Crippen LogP contribution in [0.15, 0.2) is 18.3 Å². The van der Waals surface area contributed by atoms with Crippen LogP contribution in [0.2, 0.25) is 0 Å². The van der Waals surface area contributed by atoms with E-state index in [1.54, 1.807) is 0 Å². The predicted molar refractivity (Wildman–Crippen MR) is 76.6 cm³/mol. The third kappa shape index (κ3) is 3.18. The maximum Gasteiger partial charge on any atom is 0.169 e. The van der Waals surface area contributed by atoms with Crippen molar-refractivity contribution in [3.8, 4) is 5.75 Å². The summed E-state index contributed by atoms with van der Waals surface area (Å²) < 4.78 is 5.80. The molecule has 0 aromatic carbocycles. The summed E-state index contributed by atoms with van der Waals surface area (Å²) in [6.07, 6.45) is 5.98. The average Bonchev–Trinajstić information content (AvgIpc) is 3.12. The Morgan fingerprint density at radius 3 is 2.95 bits per heavy atom. The van der Waals surface area contributed by atoms with Crippen LogP contribution in [0.25, 0.3) is 0 Å². The summed E-state index contributed by atoms with van der Waals surface area (Å²) >= 11 is 0. The maximum absolute atomic E-state index is 5.80. The molecule has 1 aliphatic heterocycles. The Morgan fingerprint density at radius 1 is 1.37 bits per heavy atom. The summed E-state index contributed by atoms with van der Waals surface area (Å²) in [7, 11) is 0. The van der Waals surface area contributed by atoms with Gasteiger partial charge in [0.25, 0.3) is 0 Å². The fourth-order valence-corrected chi connectivity index (χ4v) is 2.72. The molecule has 1 aromatic rings. The van der Waals surface area contributed by atoms with Crippen molar-refractivity contribution >= 4 is 5.82 Å². The standard InChI is InChI=1S/C15H23N3O/c1-11(2)19-14-4-3-8-16-15(14)17-12-7-9-18(10-12)13-5-6-13/h3-4,8,11-13H,5-7,9-10H2,1-2H3,(H,16,17). The van der Waals surface area contributed by atoms with Gasteiger partial charge in [-0.3, -0.25) is 4.90 Å². The van der Waals surface area contributed by atoms with Gasteiger partial charge in [0.05, 0.1) is 6.10 Å². The molecule has 1 saturated heterocycles. The molecule has 4 heteroatoms. The molecule has 1 atom stereocenters. The third-order valence-electron chi connectivity index (χ3n) is 3.76. The van der Waals surface area contributed by atoms with Crippen molar-refractivity contribution in [3.05, 3.63) is 18.3 Å². The molecule has 1 unspecified atom stereocenters. The maximum atomic E-state index is 5.80. The Kier molecular flexibility index (Phi) is 3.60. The number of aromatic nitrogens is 1. The number of ether oxygens (including phenoxy) is 1. The van der Waals surface area contributed by atoms with Crippen LogP contribution < -0.4 is 10.1 Å². The van der Waals surface area contributed by atoms with Gasteiger partial charge in [-0.15, -0.1) is 0 Å². The predicted octanol–water partition coefficient (Wildman–Crippen LogP) is 2.52. The molecule has 3 rings (SSSR count). The molecule has 1 aliphatic carbocycles. The van der Waals surface area contributed by atoms with Gasteiger partial charge in [-0.2, -0.15) is 0 Å². The molecule has 1 N–H and O–H groups in total. The lowest BCUT2D eigenvalue weighted by Gasteiger charge is -2.19. The zero-order valence-corrected chi connectivity index (χ0v) is 11.8. The lowest BCUT2D eigenvalue weighted by molar-refractivity contribution is 0.242. The van der Waals surface area contributed by atoms with Gasteiger partial charge in [-0.25, -0.2) is 4.98 Å². The van der Waals surface area contributed by atoms with Gasteiger partial charge in [-0.05, 0) is 45.2 Å². The van der Waals surface area contributed by atoms with Gasteiger partial charge < -0.3 is 10.1 Å². The average molecular weight is 261 g/mol. The molecule has 2 aliphatic rings. The molecule has 1 saturated carbocycles. The Labute approximate surface area is 115 Å². The molecule has 0 amide bonds. The van der Waals surface area contributed by atoms with Crippen molar-refractivity contribution in [1.82, 2.24) is 9.88 Å². The second-order valence-corrected chi connectivity index (χ2v) is 5.87. The van der Waals surface area contributed by atoms with Crippen LogP contribution in [0, 0.1) is 0 Å². The molecule has 0 bridgehead atoms. The highest BCUT2D eigenvalue weighted by molar-refractivity contribution is 5.50. The molecular formula is C15H23N3O. The van der Waals surface area contributed by atoms with E-state index in [0.717, 1.165) is 24.2 Å². The number of hydrogen-bond acceptors (Lipinski definition) is 4. The molecule has 2 heterocycles. The van der Waals surface area contributed by atoms with Crippen molar-refractivity contribution in [3.63, 3.8) is 0 Å². The molecular weight excluding hydrogens is 238 g/mol. The number of anilines is 1. The summed E-state index contributed by atoms with van der Waals surface area (Å²) in [4.78, 5) is 7.03. The van der Waals surface area contributed by atoms with Crippen LogP contribution in [0.1, 0.15) is 33.1 Å². The van der Waals surface area contributed by atoms with E-state index in [4.69, 9.17) is 4.74 Å². The fraction of sp³-hybridized carbons (Fsp3) is 0.667. The normalized spacial score (nSPS) is 23.8. The minimum absolute atomic E-state index is 0.177. The zero-order chi connectivity index (χ0) is 13.2. The van der Waals surface area contributed by atoms with Crippen LogP contribution in [-0.4, -0.2) is 41.2 Å². The van der Waals surface area contributed by atoms with Crippen molar-refractivity contribution in [1.29, 1.82) is 0 Å². The zero-order valence-electron chi connectivity index (χ0n) is 11.8. The molecule has 104 valence electrons. The first-order valence-electron chi connectivity index (χ1n) is 7.34. The van der Waals surface area contributed by atoms with Gasteiger partial charge in [-0.1, -0.05) is 0 Å². The molecule has 0 radical (unpaired) electrons. The first-order chi connectivity index (χ1) is 9.22. The topological polar surface area (TPSA) is 37.4 Å². The highest BCUT2D eigenvalue weighted by Gasteiger charge is 2.34. The minimum atomic E-state index is 0.177. The van der Waals surface area contributed by atoms with E-state index in [1.165, 1.54) is 25.8 Å². The van der Waals surface area contributed by atoms with E-state index >= 15 is 0 Å². The van der Waals surface area contributed by atoms with Crippen molar-refractivity contribution in [2.75, 3.05) is 18.4 Å². The first-order valence-corrected chi connectivity index (χ1v) is 7.34. The van der Waals surface area contributed by atoms with Gasteiger partial charge >= 0.3 is 0 Å². The van der Waals surface area contributed by atoms with Crippen LogP contribution in [0.5, 0.6) is 5.75 Å². The molecule has 1 aromatic heterocycles. The minimum Gasteiger partial charge on any atom is -0.487 e. The number of nitrogens with one attached hydrogen (secondary N) is 1. The van der Waals surface area contributed by atoms with Gasteiger partial charge in [0.2, 0.25) is 0 Å². The van der Waals surface area contributed by atoms with E-state index in [1.807, 2.05) is 32.2 Å². The summed E-state index contributed by atoms with van der Waals surface area (Å²) in [5, 5.41) is 3.55. The smallest absolute Gasteiger partial charge is 0.169 e. The Morgan fingerprint density at radius 2 is 2.21 bits per heavy atom. The third-order valence-corrected chi connectivity index (χ3v) is 3.76. The van der Waals surface area contributed by atoms with Crippen LogP contribution in [0.3, 0.4) is 0 Å². The van der Waals surface area contributed by atoms with Crippen LogP contribution >= 0.6 is 0 Å². The number of likely N-dealkylation sites (tertiary alicyclic amines) is 1.